The molecule has 0 bridgehead atoms. The molecule has 202 valence electrons. The Hall–Kier alpha value is -2.69. The van der Waals surface area contributed by atoms with Gasteiger partial charge in [-0.2, -0.15) is 4.31 Å². The predicted octanol–water partition coefficient (Wildman–Crippen LogP) is -0.946. The summed E-state index contributed by atoms with van der Waals surface area (Å²) in [4.78, 5) is 52.4. The van der Waals surface area contributed by atoms with Crippen LogP contribution in [0.4, 0.5) is 0 Å². The molecule has 37 heavy (non-hydrogen) atoms. The fourth-order valence-corrected chi connectivity index (χ4v) is 5.34. The molecule has 0 aliphatic carbocycles. The van der Waals surface area contributed by atoms with Crippen molar-refractivity contribution in [3.8, 4) is 5.75 Å². The maximum atomic E-state index is 13.2. The number of aliphatic hydroxyl groups excluding tert-OH is 2. The van der Waals surface area contributed by atoms with Crippen LogP contribution in [0.25, 0.3) is 11.0 Å². The van der Waals surface area contributed by atoms with Crippen molar-refractivity contribution < 1.29 is 56.9 Å². The number of ether oxygens (including phenoxy) is 2. The third kappa shape index (κ3) is 5.76. The van der Waals surface area contributed by atoms with Crippen molar-refractivity contribution in [1.29, 1.82) is 0 Å². The molecule has 1 aliphatic heterocycles. The van der Waals surface area contributed by atoms with E-state index < -0.39 is 58.0 Å². The molecule has 1 fully saturated rings. The summed E-state index contributed by atoms with van der Waals surface area (Å²) in [6.07, 6.45) is -5.63. The van der Waals surface area contributed by atoms with Gasteiger partial charge < -0.3 is 38.9 Å². The second kappa shape index (κ2) is 10.2. The van der Waals surface area contributed by atoms with Gasteiger partial charge in [0, 0.05) is 12.3 Å². The number of nitrogens with zero attached hydrogens (tertiary/aromatic N) is 3. The van der Waals surface area contributed by atoms with Crippen LogP contribution < -0.4 is 16.0 Å². The zero-order valence-electron chi connectivity index (χ0n) is 18.8. The first-order valence-electron chi connectivity index (χ1n) is 10.3. The molecule has 5 N–H and O–H groups in total. The fraction of sp³-hybridized carbons (Fsp3) is 0.389. The molecule has 1 aromatic carbocycles. The van der Waals surface area contributed by atoms with E-state index in [0.29, 0.717) is 16.7 Å². The first-order chi connectivity index (χ1) is 17.3. The SMILES string of the molecule is COc1cccc2onc(Cn3c(=O)ccn([C@@H]4O[C@H](COP(=O)(O)OP(=O)(O)O)[C@H](O)C4O)c3=O)c12. The van der Waals surface area contributed by atoms with E-state index in [1.54, 1.807) is 18.2 Å². The Labute approximate surface area is 205 Å². The van der Waals surface area contributed by atoms with Crippen molar-refractivity contribution in [2.24, 2.45) is 0 Å². The Kier molecular flexibility index (Phi) is 7.56. The Morgan fingerprint density at radius 2 is 1.84 bits per heavy atom. The molecule has 5 atom stereocenters. The second-order valence-electron chi connectivity index (χ2n) is 7.78. The quantitative estimate of drug-likeness (QED) is 0.197. The molecule has 3 heterocycles. The third-order valence-corrected chi connectivity index (χ3v) is 7.53. The van der Waals surface area contributed by atoms with Gasteiger partial charge in [0.2, 0.25) is 0 Å². The molecular weight excluding hydrogens is 544 g/mol. The summed E-state index contributed by atoms with van der Waals surface area (Å²) in [6, 6.07) is 5.92. The maximum absolute atomic E-state index is 13.2. The van der Waals surface area contributed by atoms with Crippen molar-refractivity contribution in [3.63, 3.8) is 0 Å². The largest absolute Gasteiger partial charge is 0.496 e. The monoisotopic (exact) mass is 565 g/mol. The van der Waals surface area contributed by atoms with Gasteiger partial charge in [0.25, 0.3) is 5.56 Å². The van der Waals surface area contributed by atoms with Crippen LogP contribution in [0.5, 0.6) is 5.75 Å². The number of rotatable bonds is 9. The zero-order valence-corrected chi connectivity index (χ0v) is 20.5. The van der Waals surface area contributed by atoms with Gasteiger partial charge in [-0.1, -0.05) is 11.2 Å². The average molecular weight is 565 g/mol. The molecule has 0 saturated carbocycles. The van der Waals surface area contributed by atoms with Gasteiger partial charge >= 0.3 is 21.3 Å². The highest BCUT2D eigenvalue weighted by Crippen LogP contribution is 2.57. The summed E-state index contributed by atoms with van der Waals surface area (Å²) in [5, 5.41) is 25.1. The molecule has 19 heteroatoms. The number of hydrogen-bond donors (Lipinski definition) is 5. The Balaban J connectivity index is 1.59. The standard InChI is InChI=1S/C18H21N3O14P2/c1-31-10-3-2-4-11-14(10)9(19-34-11)7-21-13(22)5-6-20(18(21)25)17-16(24)15(23)12(33-17)8-32-37(29,30)35-36(26,27)28/h2-6,12,15-17,23-24H,7-8H2,1H3,(H,29,30)(H2,26,27,28)/t12-,15+,16?,17-/m1/s1. The predicted molar refractivity (Wildman–Crippen MR) is 119 cm³/mol. The highest BCUT2D eigenvalue weighted by molar-refractivity contribution is 7.60. The summed E-state index contributed by atoms with van der Waals surface area (Å²) in [5.41, 5.74) is -1.14. The van der Waals surface area contributed by atoms with Crippen LogP contribution in [-0.2, 0) is 29.2 Å². The maximum Gasteiger partial charge on any atom is 0.481 e. The van der Waals surface area contributed by atoms with E-state index in [2.05, 4.69) is 14.0 Å². The van der Waals surface area contributed by atoms with Crippen LogP contribution >= 0.6 is 15.6 Å². The van der Waals surface area contributed by atoms with E-state index in [-0.39, 0.29) is 12.2 Å². The second-order valence-corrected chi connectivity index (χ2v) is 10.6. The van der Waals surface area contributed by atoms with E-state index >= 15 is 0 Å². The number of methoxy groups -OCH3 is 1. The molecule has 1 saturated heterocycles. The number of hydrogen-bond acceptors (Lipinski definition) is 12. The zero-order chi connectivity index (χ0) is 27.1. The lowest BCUT2D eigenvalue weighted by molar-refractivity contribution is -0.0547. The lowest BCUT2D eigenvalue weighted by Crippen LogP contribution is -2.43. The summed E-state index contributed by atoms with van der Waals surface area (Å²) in [5.74, 6) is 0.391. The van der Waals surface area contributed by atoms with Gasteiger partial charge in [-0.15, -0.1) is 0 Å². The van der Waals surface area contributed by atoms with E-state index in [0.717, 1.165) is 21.4 Å². The van der Waals surface area contributed by atoms with Crippen LogP contribution in [0.2, 0.25) is 0 Å². The van der Waals surface area contributed by atoms with Gasteiger partial charge in [-0.05, 0) is 12.1 Å². The molecule has 3 aromatic rings. The topological polar surface area (TPSA) is 242 Å². The van der Waals surface area contributed by atoms with Crippen LogP contribution in [-0.4, -0.2) is 71.2 Å². The van der Waals surface area contributed by atoms with Crippen LogP contribution in [0.1, 0.15) is 11.9 Å². The fourth-order valence-electron chi connectivity index (χ4n) is 3.74. The third-order valence-electron chi connectivity index (χ3n) is 5.38. The van der Waals surface area contributed by atoms with E-state index in [1.165, 1.54) is 7.11 Å². The van der Waals surface area contributed by atoms with Crippen LogP contribution in [0.3, 0.4) is 0 Å². The van der Waals surface area contributed by atoms with E-state index in [1.807, 2.05) is 0 Å². The average Bonchev–Trinajstić information content (AvgIpc) is 3.35. The Morgan fingerprint density at radius 3 is 2.51 bits per heavy atom. The molecule has 17 nitrogen and oxygen atoms in total. The highest BCUT2D eigenvalue weighted by atomic mass is 31.3. The van der Waals surface area contributed by atoms with Crippen LogP contribution in [0.15, 0.2) is 44.6 Å². The van der Waals surface area contributed by atoms with Crippen molar-refractivity contribution >= 4 is 26.6 Å². The number of benzene rings is 1. The molecule has 0 spiro atoms. The normalized spacial score (nSPS) is 23.8. The van der Waals surface area contributed by atoms with Crippen molar-refractivity contribution in [2.75, 3.05) is 13.7 Å². The Morgan fingerprint density at radius 1 is 1.11 bits per heavy atom. The summed E-state index contributed by atoms with van der Waals surface area (Å²) < 4.78 is 48.0. The molecular formula is C18H21N3O14P2. The van der Waals surface area contributed by atoms with Gasteiger partial charge in [0.05, 0.1) is 25.6 Å². The lowest BCUT2D eigenvalue weighted by atomic mass is 10.1. The molecule has 2 aromatic heterocycles. The minimum atomic E-state index is -5.39. The number of phosphoric ester groups is 1. The van der Waals surface area contributed by atoms with Crippen molar-refractivity contribution in [2.45, 2.75) is 31.1 Å². The summed E-state index contributed by atoms with van der Waals surface area (Å²) in [7, 11) is -9.23. The van der Waals surface area contributed by atoms with Crippen molar-refractivity contribution in [1.82, 2.24) is 14.3 Å². The number of phosphoric acid groups is 2. The summed E-state index contributed by atoms with van der Waals surface area (Å²) >= 11 is 0. The van der Waals surface area contributed by atoms with Gasteiger partial charge in [-0.3, -0.25) is 18.5 Å². The number of aliphatic hydroxyl groups is 2. The van der Waals surface area contributed by atoms with Gasteiger partial charge in [-0.25, -0.2) is 13.9 Å². The van der Waals surface area contributed by atoms with Gasteiger partial charge in [0.1, 0.15) is 29.8 Å². The van der Waals surface area contributed by atoms with Gasteiger partial charge in [0.15, 0.2) is 11.8 Å². The molecule has 0 radical (unpaired) electrons. The molecule has 0 amide bonds. The Bertz CT molecular complexity index is 1510. The van der Waals surface area contributed by atoms with Crippen LogP contribution in [0, 0.1) is 0 Å². The number of fused-ring (bicyclic) bond motifs is 1. The first kappa shape index (κ1) is 27.3. The molecule has 1 aliphatic rings. The lowest BCUT2D eigenvalue weighted by Gasteiger charge is -2.19. The minimum absolute atomic E-state index is 0.201. The number of aromatic nitrogens is 3. The highest BCUT2D eigenvalue weighted by Gasteiger charge is 2.46. The smallest absolute Gasteiger partial charge is 0.481 e. The first-order valence-corrected chi connectivity index (χ1v) is 13.3. The molecule has 2 unspecified atom stereocenters. The van der Waals surface area contributed by atoms with E-state index in [9.17, 15) is 33.8 Å². The minimum Gasteiger partial charge on any atom is -0.496 e. The molecule has 4 rings (SSSR count). The van der Waals surface area contributed by atoms with E-state index in [4.69, 9.17) is 23.8 Å². The summed E-state index contributed by atoms with van der Waals surface area (Å²) in [6.45, 7) is -1.31. The van der Waals surface area contributed by atoms with Crippen molar-refractivity contribution in [3.05, 3.63) is 57.0 Å².